The van der Waals surface area contributed by atoms with Gasteiger partial charge in [0, 0.05) is 13.1 Å². The average Bonchev–Trinajstić information content (AvgIpc) is 3.33. The van der Waals surface area contributed by atoms with E-state index < -0.39 is 5.91 Å². The first-order valence-electron chi connectivity index (χ1n) is 9.83. The Morgan fingerprint density at radius 2 is 1.94 bits per heavy atom. The average molecular weight is 495 g/mol. The van der Waals surface area contributed by atoms with E-state index in [9.17, 15) is 9.59 Å². The number of nitrogens with zero attached hydrogens (tertiary/aromatic N) is 5. The summed E-state index contributed by atoms with van der Waals surface area (Å²) >= 11 is 13.2. The summed E-state index contributed by atoms with van der Waals surface area (Å²) in [6.07, 6.45) is 0. The number of carbonyl (C=O) groups is 2. The van der Waals surface area contributed by atoms with Gasteiger partial charge in [-0.05, 0) is 31.5 Å². The van der Waals surface area contributed by atoms with E-state index in [1.165, 1.54) is 0 Å². The van der Waals surface area contributed by atoms with Crippen molar-refractivity contribution in [2.45, 2.75) is 20.4 Å². The first kappa shape index (κ1) is 22.7. The van der Waals surface area contributed by atoms with Crippen LogP contribution in [0.1, 0.15) is 37.1 Å². The SMILES string of the molecule is Cc1nc(NC(=O)c2nnn(Cc3ccc(Cl)c(Cl)c3)c2C)sc1C(=O)N1CCOCC1. The number of benzene rings is 1. The molecule has 9 nitrogen and oxygen atoms in total. The fraction of sp³-hybridized carbons (Fsp3) is 0.350. The lowest BCUT2D eigenvalue weighted by Gasteiger charge is -2.26. The van der Waals surface area contributed by atoms with E-state index in [1.807, 2.05) is 6.07 Å². The number of morpholine rings is 1. The van der Waals surface area contributed by atoms with Crippen molar-refractivity contribution in [1.82, 2.24) is 24.9 Å². The van der Waals surface area contributed by atoms with Crippen LogP contribution in [-0.2, 0) is 11.3 Å². The fourth-order valence-corrected chi connectivity index (χ4v) is 4.50. The van der Waals surface area contributed by atoms with Gasteiger partial charge in [0.1, 0.15) is 4.88 Å². The Morgan fingerprint density at radius 1 is 1.19 bits per heavy atom. The molecule has 1 aliphatic heterocycles. The molecule has 0 saturated carbocycles. The number of rotatable bonds is 5. The van der Waals surface area contributed by atoms with Crippen molar-refractivity contribution < 1.29 is 14.3 Å². The Hall–Kier alpha value is -2.53. The first-order chi connectivity index (χ1) is 15.3. The summed E-state index contributed by atoms with van der Waals surface area (Å²) in [4.78, 5) is 32.1. The molecule has 1 N–H and O–H groups in total. The Bertz CT molecular complexity index is 1170. The number of aromatic nitrogens is 4. The van der Waals surface area contributed by atoms with Gasteiger partial charge in [-0.25, -0.2) is 9.67 Å². The number of amides is 2. The summed E-state index contributed by atoms with van der Waals surface area (Å²) < 4.78 is 6.90. The second-order valence-electron chi connectivity index (χ2n) is 7.22. The van der Waals surface area contributed by atoms with E-state index in [-0.39, 0.29) is 11.6 Å². The van der Waals surface area contributed by atoms with Crippen LogP contribution in [0.3, 0.4) is 0 Å². The molecule has 0 atom stereocenters. The maximum atomic E-state index is 12.8. The molecule has 0 aliphatic carbocycles. The van der Waals surface area contributed by atoms with Gasteiger partial charge in [-0.2, -0.15) is 0 Å². The standard InChI is InChI=1S/C20H20Cl2N6O3S/c1-11-17(19(30)27-5-7-31-8-6-27)32-20(23-11)24-18(29)16-12(2)28(26-25-16)10-13-3-4-14(21)15(22)9-13/h3-4,9H,5-8,10H2,1-2H3,(H,23,24,29). The molecule has 1 aliphatic rings. The summed E-state index contributed by atoms with van der Waals surface area (Å²) in [5.41, 5.74) is 2.22. The highest BCUT2D eigenvalue weighted by molar-refractivity contribution is 7.17. The van der Waals surface area contributed by atoms with Gasteiger partial charge in [0.05, 0.1) is 41.2 Å². The number of carbonyl (C=O) groups excluding carboxylic acids is 2. The number of aryl methyl sites for hydroxylation is 1. The maximum Gasteiger partial charge on any atom is 0.279 e. The number of hydrogen-bond acceptors (Lipinski definition) is 7. The first-order valence-corrected chi connectivity index (χ1v) is 11.4. The van der Waals surface area contributed by atoms with E-state index in [1.54, 1.807) is 35.6 Å². The van der Waals surface area contributed by atoms with Gasteiger partial charge in [0.2, 0.25) is 0 Å². The number of anilines is 1. The van der Waals surface area contributed by atoms with Crippen LogP contribution in [0, 0.1) is 13.8 Å². The van der Waals surface area contributed by atoms with Crippen LogP contribution in [0.2, 0.25) is 10.0 Å². The van der Waals surface area contributed by atoms with Gasteiger partial charge in [0.15, 0.2) is 10.8 Å². The summed E-state index contributed by atoms with van der Waals surface area (Å²) in [6, 6.07) is 5.29. The zero-order valence-electron chi connectivity index (χ0n) is 17.4. The molecule has 1 fully saturated rings. The Balaban J connectivity index is 1.46. The minimum absolute atomic E-state index is 0.104. The number of thiazole rings is 1. The van der Waals surface area contributed by atoms with Crippen molar-refractivity contribution in [3.8, 4) is 0 Å². The van der Waals surface area contributed by atoms with Crippen molar-refractivity contribution in [2.75, 3.05) is 31.6 Å². The topological polar surface area (TPSA) is 102 Å². The van der Waals surface area contributed by atoms with Crippen molar-refractivity contribution in [2.24, 2.45) is 0 Å². The molecule has 0 unspecified atom stereocenters. The predicted octanol–water partition coefficient (Wildman–Crippen LogP) is 3.43. The van der Waals surface area contributed by atoms with Crippen LogP contribution in [0.4, 0.5) is 5.13 Å². The van der Waals surface area contributed by atoms with E-state index in [2.05, 4.69) is 20.6 Å². The number of hydrogen-bond donors (Lipinski definition) is 1. The number of halogens is 2. The van der Waals surface area contributed by atoms with Crippen LogP contribution < -0.4 is 5.32 Å². The maximum absolute atomic E-state index is 12.8. The Labute approximate surface area is 198 Å². The molecule has 0 spiro atoms. The second kappa shape index (κ2) is 9.53. The van der Waals surface area contributed by atoms with E-state index >= 15 is 0 Å². The van der Waals surface area contributed by atoms with Crippen LogP contribution in [-0.4, -0.2) is 63.0 Å². The minimum Gasteiger partial charge on any atom is -0.378 e. The highest BCUT2D eigenvalue weighted by Gasteiger charge is 2.25. The van der Waals surface area contributed by atoms with E-state index in [0.29, 0.717) is 64.3 Å². The largest absolute Gasteiger partial charge is 0.378 e. The summed E-state index contributed by atoms with van der Waals surface area (Å²) in [5, 5.41) is 12.1. The highest BCUT2D eigenvalue weighted by Crippen LogP contribution is 2.26. The minimum atomic E-state index is -0.443. The monoisotopic (exact) mass is 494 g/mol. The van der Waals surface area contributed by atoms with E-state index in [4.69, 9.17) is 27.9 Å². The molecule has 0 bridgehead atoms. The molecule has 4 rings (SSSR count). The quantitative estimate of drug-likeness (QED) is 0.582. The highest BCUT2D eigenvalue weighted by atomic mass is 35.5. The van der Waals surface area contributed by atoms with Gasteiger partial charge in [-0.15, -0.1) is 5.10 Å². The van der Waals surface area contributed by atoms with Crippen molar-refractivity contribution in [3.63, 3.8) is 0 Å². The molecule has 12 heteroatoms. The van der Waals surface area contributed by atoms with Gasteiger partial charge in [-0.1, -0.05) is 45.8 Å². The van der Waals surface area contributed by atoms with Crippen molar-refractivity contribution in [3.05, 3.63) is 55.8 Å². The zero-order valence-corrected chi connectivity index (χ0v) is 19.7. The lowest BCUT2D eigenvalue weighted by Crippen LogP contribution is -2.40. The van der Waals surface area contributed by atoms with Gasteiger partial charge in [-0.3, -0.25) is 14.9 Å². The molecule has 3 heterocycles. The molecule has 32 heavy (non-hydrogen) atoms. The lowest BCUT2D eigenvalue weighted by atomic mass is 10.2. The third-order valence-corrected chi connectivity index (χ3v) is 6.82. The number of nitrogens with one attached hydrogen (secondary N) is 1. The molecule has 3 aromatic rings. The Kier molecular flexibility index (Phi) is 6.75. The van der Waals surface area contributed by atoms with Crippen LogP contribution in [0.5, 0.6) is 0 Å². The lowest BCUT2D eigenvalue weighted by molar-refractivity contribution is 0.0305. The smallest absolute Gasteiger partial charge is 0.279 e. The Morgan fingerprint density at radius 3 is 2.66 bits per heavy atom. The molecule has 0 radical (unpaired) electrons. The van der Waals surface area contributed by atoms with Crippen molar-refractivity contribution >= 4 is 51.5 Å². The molecular formula is C20H20Cl2N6O3S. The third-order valence-electron chi connectivity index (χ3n) is 5.02. The second-order valence-corrected chi connectivity index (χ2v) is 9.04. The normalized spacial score (nSPS) is 13.9. The third kappa shape index (κ3) is 4.78. The summed E-state index contributed by atoms with van der Waals surface area (Å²) in [5.74, 6) is -0.547. The summed E-state index contributed by atoms with van der Waals surface area (Å²) in [6.45, 7) is 6.01. The molecule has 1 saturated heterocycles. The molecular weight excluding hydrogens is 475 g/mol. The fourth-order valence-electron chi connectivity index (χ4n) is 3.25. The molecule has 1 aromatic carbocycles. The van der Waals surface area contributed by atoms with Crippen molar-refractivity contribution in [1.29, 1.82) is 0 Å². The van der Waals surface area contributed by atoms with Crippen LogP contribution in [0.25, 0.3) is 0 Å². The molecule has 2 amide bonds. The van der Waals surface area contributed by atoms with Gasteiger partial charge >= 0.3 is 0 Å². The van der Waals surface area contributed by atoms with E-state index in [0.717, 1.165) is 16.9 Å². The molecule has 168 valence electrons. The van der Waals surface area contributed by atoms with Gasteiger partial charge < -0.3 is 9.64 Å². The number of ether oxygens (including phenoxy) is 1. The van der Waals surface area contributed by atoms with Crippen LogP contribution >= 0.6 is 34.5 Å². The van der Waals surface area contributed by atoms with Gasteiger partial charge in [0.25, 0.3) is 11.8 Å². The predicted molar refractivity (Wildman–Crippen MR) is 122 cm³/mol. The zero-order chi connectivity index (χ0) is 22.8. The summed E-state index contributed by atoms with van der Waals surface area (Å²) in [7, 11) is 0. The van der Waals surface area contributed by atoms with Crippen LogP contribution in [0.15, 0.2) is 18.2 Å². The molecule has 2 aromatic heterocycles.